The van der Waals surface area contributed by atoms with Gasteiger partial charge in [-0.15, -0.1) is 11.3 Å². The van der Waals surface area contributed by atoms with Crippen LogP contribution in [0.3, 0.4) is 0 Å². The summed E-state index contributed by atoms with van der Waals surface area (Å²) in [6, 6.07) is 15.4. The number of carbonyl (C=O) groups is 3. The largest absolute Gasteiger partial charge is 0.480 e. The van der Waals surface area contributed by atoms with Crippen LogP contribution in [0.2, 0.25) is 0 Å². The van der Waals surface area contributed by atoms with Gasteiger partial charge in [-0.2, -0.15) is 0 Å². The molecule has 0 fully saturated rings. The first-order chi connectivity index (χ1) is 16.8. The van der Waals surface area contributed by atoms with Crippen molar-refractivity contribution in [2.75, 3.05) is 20.2 Å². The molecule has 0 aliphatic heterocycles. The predicted molar refractivity (Wildman–Crippen MR) is 133 cm³/mol. The van der Waals surface area contributed by atoms with Crippen molar-refractivity contribution in [1.82, 2.24) is 15.2 Å². The maximum Gasteiger partial charge on any atom is 0.407 e. The van der Waals surface area contributed by atoms with Crippen LogP contribution >= 0.6 is 11.3 Å². The normalized spacial score (nSPS) is 13.0. The lowest BCUT2D eigenvalue weighted by Crippen LogP contribution is -2.40. The van der Waals surface area contributed by atoms with Crippen molar-refractivity contribution in [3.63, 3.8) is 0 Å². The van der Waals surface area contributed by atoms with Crippen LogP contribution in [0.1, 0.15) is 44.3 Å². The number of hydrogen-bond donors (Lipinski definition) is 2. The van der Waals surface area contributed by atoms with Crippen LogP contribution in [-0.2, 0) is 16.0 Å². The van der Waals surface area contributed by atoms with E-state index in [1.807, 2.05) is 24.3 Å². The number of ether oxygens (including phenoxy) is 1. The number of amides is 2. The molecule has 2 amide bonds. The minimum atomic E-state index is -1.08. The number of carboxylic acids is 1. The molecule has 0 radical (unpaired) electrons. The van der Waals surface area contributed by atoms with E-state index in [4.69, 9.17) is 9.84 Å². The third-order valence-corrected chi connectivity index (χ3v) is 7.28. The predicted octanol–water partition coefficient (Wildman–Crippen LogP) is 4.08. The molecule has 2 N–H and O–H groups in total. The second kappa shape index (κ2) is 10.3. The molecule has 1 heterocycles. The Morgan fingerprint density at radius 2 is 1.71 bits per heavy atom. The Hall–Kier alpha value is -3.72. The summed E-state index contributed by atoms with van der Waals surface area (Å²) < 4.78 is 5.54. The molecule has 35 heavy (non-hydrogen) atoms. The molecule has 0 saturated carbocycles. The summed E-state index contributed by atoms with van der Waals surface area (Å²) in [6.45, 7) is 3.76. The van der Waals surface area contributed by atoms with Gasteiger partial charge in [-0.25, -0.2) is 14.6 Å². The second-order valence-corrected chi connectivity index (χ2v) is 9.73. The van der Waals surface area contributed by atoms with Crippen LogP contribution in [0.15, 0.2) is 48.5 Å². The second-order valence-electron chi connectivity index (χ2n) is 8.44. The number of fused-ring (bicyclic) bond motifs is 3. The number of nitrogens with one attached hydrogen (secondary N) is 1. The third kappa shape index (κ3) is 5.05. The number of carbonyl (C=O) groups excluding carboxylic acids is 2. The highest BCUT2D eigenvalue weighted by Gasteiger charge is 2.29. The van der Waals surface area contributed by atoms with Crippen LogP contribution in [0.4, 0.5) is 4.79 Å². The van der Waals surface area contributed by atoms with Crippen molar-refractivity contribution < 1.29 is 24.2 Å². The highest BCUT2D eigenvalue weighted by molar-refractivity contribution is 7.11. The van der Waals surface area contributed by atoms with Gasteiger partial charge in [0.1, 0.15) is 18.3 Å². The molecule has 1 aromatic heterocycles. The SMILES string of the molecule is Cc1sc(CCNC(=O)OCC2c3ccccc3-c3ccccc32)nc1C(=O)N(C)C(C)C(=O)O. The number of carboxylic acid groups (broad SMARTS) is 1. The van der Waals surface area contributed by atoms with Gasteiger partial charge in [-0.05, 0) is 36.1 Å². The van der Waals surface area contributed by atoms with Gasteiger partial charge in [0.15, 0.2) is 0 Å². The maximum absolute atomic E-state index is 12.6. The number of alkyl carbamates (subject to hydrolysis) is 1. The van der Waals surface area contributed by atoms with Crippen LogP contribution < -0.4 is 5.32 Å². The average molecular weight is 494 g/mol. The number of nitrogens with zero attached hydrogens (tertiary/aromatic N) is 2. The van der Waals surface area contributed by atoms with Crippen molar-refractivity contribution in [1.29, 1.82) is 0 Å². The van der Waals surface area contributed by atoms with Gasteiger partial charge in [0.2, 0.25) is 0 Å². The summed E-state index contributed by atoms with van der Waals surface area (Å²) in [5.74, 6) is -1.53. The summed E-state index contributed by atoms with van der Waals surface area (Å²) in [5, 5.41) is 12.6. The molecule has 2 aromatic carbocycles. The highest BCUT2D eigenvalue weighted by Crippen LogP contribution is 2.44. The molecule has 0 spiro atoms. The molecule has 0 bridgehead atoms. The minimum absolute atomic E-state index is 0.00600. The first kappa shape index (κ1) is 24.4. The minimum Gasteiger partial charge on any atom is -0.480 e. The lowest BCUT2D eigenvalue weighted by molar-refractivity contribution is -0.141. The number of hydrogen-bond acceptors (Lipinski definition) is 6. The van der Waals surface area contributed by atoms with Crippen molar-refractivity contribution in [3.05, 3.63) is 75.2 Å². The van der Waals surface area contributed by atoms with Gasteiger partial charge in [-0.1, -0.05) is 48.5 Å². The van der Waals surface area contributed by atoms with Crippen molar-refractivity contribution >= 4 is 29.3 Å². The molecule has 1 unspecified atom stereocenters. The standard InChI is InChI=1S/C26H27N3O5S/c1-15(25(31)32)29(3)24(30)23-16(2)35-22(28-23)12-13-27-26(33)34-14-21-19-10-6-4-8-17(19)18-9-5-7-11-20(18)21/h4-11,15,21H,12-14H2,1-3H3,(H,27,33)(H,31,32). The first-order valence-corrected chi connectivity index (χ1v) is 12.1. The molecule has 8 nitrogen and oxygen atoms in total. The average Bonchev–Trinajstić information content (AvgIpc) is 3.38. The zero-order chi connectivity index (χ0) is 25.1. The van der Waals surface area contributed by atoms with Gasteiger partial charge >= 0.3 is 12.1 Å². The van der Waals surface area contributed by atoms with E-state index in [-0.39, 0.29) is 18.2 Å². The molecule has 182 valence electrons. The smallest absolute Gasteiger partial charge is 0.407 e. The number of aromatic nitrogens is 1. The molecule has 1 atom stereocenters. The van der Waals surface area contributed by atoms with Crippen LogP contribution in [-0.4, -0.2) is 59.2 Å². The molecule has 1 aliphatic carbocycles. The van der Waals surface area contributed by atoms with E-state index in [1.54, 1.807) is 6.92 Å². The molecule has 4 rings (SSSR count). The summed E-state index contributed by atoms with van der Waals surface area (Å²) >= 11 is 1.35. The highest BCUT2D eigenvalue weighted by atomic mass is 32.1. The first-order valence-electron chi connectivity index (χ1n) is 11.3. The van der Waals surface area contributed by atoms with Gasteiger partial charge in [0.05, 0.1) is 5.01 Å². The van der Waals surface area contributed by atoms with E-state index in [0.717, 1.165) is 16.0 Å². The van der Waals surface area contributed by atoms with Crippen LogP contribution in [0.5, 0.6) is 0 Å². The van der Waals surface area contributed by atoms with Gasteiger partial charge in [0.25, 0.3) is 5.91 Å². The molecular formula is C26H27N3O5S. The maximum atomic E-state index is 12.6. The summed E-state index contributed by atoms with van der Waals surface area (Å²) in [6.07, 6.45) is -0.0762. The number of likely N-dealkylation sites (N-methyl/N-ethyl adjacent to an activating group) is 1. The lowest BCUT2D eigenvalue weighted by atomic mass is 9.98. The molecule has 0 saturated heterocycles. The Morgan fingerprint density at radius 3 is 2.31 bits per heavy atom. The summed E-state index contributed by atoms with van der Waals surface area (Å²) in [4.78, 5) is 42.4. The Morgan fingerprint density at radius 1 is 1.11 bits per heavy atom. The molecule has 9 heteroatoms. The van der Waals surface area contributed by atoms with Gasteiger partial charge in [0, 0.05) is 30.8 Å². The van der Waals surface area contributed by atoms with Gasteiger partial charge < -0.3 is 20.1 Å². The fraction of sp³-hybridized carbons (Fsp3) is 0.308. The molecule has 3 aromatic rings. The van der Waals surface area contributed by atoms with E-state index < -0.39 is 24.0 Å². The zero-order valence-electron chi connectivity index (χ0n) is 19.8. The van der Waals surface area contributed by atoms with E-state index in [2.05, 4.69) is 34.6 Å². The van der Waals surface area contributed by atoms with E-state index in [9.17, 15) is 14.4 Å². The fourth-order valence-corrected chi connectivity index (χ4v) is 5.11. The molecular weight excluding hydrogens is 466 g/mol. The fourth-order valence-electron chi connectivity index (χ4n) is 4.19. The van der Waals surface area contributed by atoms with Gasteiger partial charge in [-0.3, -0.25) is 4.79 Å². The number of benzene rings is 2. The number of thiazole rings is 1. The Labute approximate surface area is 207 Å². The molecule has 1 aliphatic rings. The van der Waals surface area contributed by atoms with Crippen molar-refractivity contribution in [3.8, 4) is 11.1 Å². The lowest BCUT2D eigenvalue weighted by Gasteiger charge is -2.20. The zero-order valence-corrected chi connectivity index (χ0v) is 20.6. The van der Waals surface area contributed by atoms with E-state index in [0.29, 0.717) is 22.9 Å². The topological polar surface area (TPSA) is 109 Å². The van der Waals surface area contributed by atoms with Crippen molar-refractivity contribution in [2.45, 2.75) is 32.2 Å². The number of aliphatic carboxylic acids is 1. The Bertz CT molecular complexity index is 1230. The van der Waals surface area contributed by atoms with E-state index >= 15 is 0 Å². The number of rotatable bonds is 8. The number of aryl methyl sites for hydroxylation is 1. The van der Waals surface area contributed by atoms with Crippen molar-refractivity contribution in [2.24, 2.45) is 0 Å². The van der Waals surface area contributed by atoms with Crippen LogP contribution in [0, 0.1) is 6.92 Å². The van der Waals surface area contributed by atoms with E-state index in [1.165, 1.54) is 36.4 Å². The monoisotopic (exact) mass is 493 g/mol. The Kier molecular flexibility index (Phi) is 7.16. The third-order valence-electron chi connectivity index (χ3n) is 6.25. The summed E-state index contributed by atoms with van der Waals surface area (Å²) in [5.41, 5.74) is 4.88. The summed E-state index contributed by atoms with van der Waals surface area (Å²) in [7, 11) is 1.44. The van der Waals surface area contributed by atoms with Crippen LogP contribution in [0.25, 0.3) is 11.1 Å². The Balaban J connectivity index is 1.30. The quantitative estimate of drug-likeness (QED) is 0.490.